The SMILES string of the molecule is CCCCCCCCOc1ccc2cc1NCC(=O)Nc1ccc(OCCCCCCCCCCCO)c(c1)C(=O)NCCCCCCCCCCCCCCCCCCCCCC(=O)Nc1ccc(OCCCCCCCC)c(c1)NCC(=O)Nc1ccc(OCCCCCCCCCCCO)c(c1)C(=O)NCCCCCCCCCCCCCCCCCCCCCC(=O)N2. The van der Waals surface area contributed by atoms with Crippen molar-refractivity contribution in [1.82, 2.24) is 10.6 Å². The fraction of sp³-hybridized carbons (Fsp3) is 0.732. The normalized spacial score (nSPS) is 16.7. The van der Waals surface area contributed by atoms with Gasteiger partial charge in [-0.05, 0) is 137 Å². The van der Waals surface area contributed by atoms with Gasteiger partial charge >= 0.3 is 0 Å². The van der Waals surface area contributed by atoms with Crippen molar-refractivity contribution in [1.29, 1.82) is 0 Å². The number of carbonyl (C=O) groups excluding carboxylic acids is 6. The summed E-state index contributed by atoms with van der Waals surface area (Å²) in [6, 6.07) is 21.9. The first-order valence-corrected chi connectivity index (χ1v) is 54.5. The van der Waals surface area contributed by atoms with Gasteiger partial charge in [-0.15, -0.1) is 0 Å². The van der Waals surface area contributed by atoms with Crippen LogP contribution >= 0.6 is 0 Å². The number of carbonyl (C=O) groups is 6. The number of aliphatic hydroxyl groups is 2. The fourth-order valence-corrected chi connectivity index (χ4v) is 17.6. The predicted octanol–water partition coefficient (Wildman–Crippen LogP) is 29.7. The third-order valence-electron chi connectivity index (χ3n) is 25.8. The average molecular weight is 1840 g/mol. The zero-order valence-electron chi connectivity index (χ0n) is 83.5. The van der Waals surface area contributed by atoms with E-state index in [0.717, 1.165) is 167 Å². The molecule has 0 unspecified atom stereocenters. The van der Waals surface area contributed by atoms with Crippen LogP contribution in [0.1, 0.15) is 484 Å². The second-order valence-electron chi connectivity index (χ2n) is 37.9. The summed E-state index contributed by atoms with van der Waals surface area (Å²) in [5.41, 5.74) is 4.35. The van der Waals surface area contributed by atoms with Crippen molar-refractivity contribution < 1.29 is 57.9 Å². The third-order valence-corrected chi connectivity index (χ3v) is 25.8. The van der Waals surface area contributed by atoms with E-state index in [1.54, 1.807) is 36.4 Å². The molecule has 5 rings (SSSR count). The predicted molar refractivity (Wildman–Crippen MR) is 553 cm³/mol. The summed E-state index contributed by atoms with van der Waals surface area (Å²) in [5.74, 6) is 1.20. The van der Waals surface area contributed by atoms with Crippen LogP contribution in [-0.2, 0) is 19.2 Å². The van der Waals surface area contributed by atoms with Crippen molar-refractivity contribution in [2.45, 2.75) is 463 Å². The van der Waals surface area contributed by atoms with Crippen molar-refractivity contribution in [3.8, 4) is 23.0 Å². The summed E-state index contributed by atoms with van der Waals surface area (Å²) in [6.07, 6.45) is 79.2. The van der Waals surface area contributed by atoms with Gasteiger partial charge in [-0.3, -0.25) is 28.8 Å². The molecule has 1 aliphatic heterocycles. The molecule has 0 atom stereocenters. The van der Waals surface area contributed by atoms with Gasteiger partial charge in [0.2, 0.25) is 23.6 Å². The first-order chi connectivity index (χ1) is 65.0. The highest BCUT2D eigenvalue weighted by atomic mass is 16.5. The third kappa shape index (κ3) is 60.7. The number of hydrogen-bond donors (Lipinski definition) is 10. The molecule has 0 aliphatic carbocycles. The van der Waals surface area contributed by atoms with E-state index >= 15 is 0 Å². The number of fused-ring (bicyclic) bond motifs is 8. The molecular weight excluding hydrogens is 1650 g/mol. The number of amides is 6. The minimum absolute atomic E-state index is 0.0265. The van der Waals surface area contributed by atoms with E-state index in [0.29, 0.717) is 121 Å². The molecule has 6 amide bonds. The van der Waals surface area contributed by atoms with Crippen LogP contribution < -0.4 is 61.5 Å². The number of aliphatic hydroxyl groups excluding tert-OH is 2. The monoisotopic (exact) mass is 1840 g/mol. The standard InChI is InChI=1S/C112H188N8O12/c1-3-5-7-9-57-69-87-131-105-79-75-97-91-101(105)115-93-109(125)119-95-73-77-103(129-85-67-59-49-41-33-39-47-55-65-83-121)99(89-95)111(127)113-81-63-53-45-37-31-27-23-20-16-12-14-18-22-26-30-36-44-52-62-72-108(124)118-98-76-80-106(132-88-70-58-10-8-6-4-2)102(92-98)116-94-110(126)120-96-74-78-104(130-86-68-60-50-42-34-40-48-56-66-84-122)100(90-96)112(128)114-82-64-54-46-38-32-28-24-19-15-11-13-17-21-25-29-35-43-51-61-71-107(123)117-97/h73-80,89-92,115-116,121-122H,3-72,81-88,93-94H2,1-2H3,(H,113,127)(H,114,128)(H,117,123)(H,118,124)(H,119,125)(H,120,126). The maximum Gasteiger partial charge on any atom is 0.255 e. The molecule has 20 nitrogen and oxygen atoms in total. The molecule has 0 saturated carbocycles. The number of unbranched alkanes of at least 4 members (excludes halogenated alkanes) is 26. The Morgan fingerprint density at radius 3 is 0.727 bits per heavy atom. The highest BCUT2D eigenvalue weighted by Crippen LogP contribution is 2.33. The summed E-state index contributed by atoms with van der Waals surface area (Å²) >= 11 is 0. The van der Waals surface area contributed by atoms with Crippen molar-refractivity contribution in [2.75, 3.05) is 97.7 Å². The molecule has 8 bridgehead atoms. The number of benzene rings is 4. The summed E-state index contributed by atoms with van der Waals surface area (Å²) in [7, 11) is 0. The molecule has 10 N–H and O–H groups in total. The Hall–Kier alpha value is -7.58. The minimum Gasteiger partial charge on any atom is -0.493 e. The summed E-state index contributed by atoms with van der Waals surface area (Å²) in [6.45, 7) is 8.07. The van der Waals surface area contributed by atoms with Gasteiger partial charge < -0.3 is 71.7 Å². The highest BCUT2D eigenvalue weighted by Gasteiger charge is 2.20. The lowest BCUT2D eigenvalue weighted by atomic mass is 10.0. The van der Waals surface area contributed by atoms with Gasteiger partial charge in [-0.1, -0.05) is 386 Å². The van der Waals surface area contributed by atoms with Gasteiger partial charge in [-0.25, -0.2) is 0 Å². The van der Waals surface area contributed by atoms with E-state index in [-0.39, 0.29) is 61.7 Å². The molecule has 4 aromatic rings. The van der Waals surface area contributed by atoms with E-state index in [1.165, 1.54) is 270 Å². The molecular formula is C112H188N8O12. The smallest absolute Gasteiger partial charge is 0.255 e. The Balaban J connectivity index is 1.13. The van der Waals surface area contributed by atoms with Gasteiger partial charge in [0, 0.05) is 61.9 Å². The van der Waals surface area contributed by atoms with Gasteiger partial charge in [0.25, 0.3) is 11.8 Å². The Morgan fingerprint density at radius 1 is 0.235 bits per heavy atom. The summed E-state index contributed by atoms with van der Waals surface area (Å²) in [5, 5.41) is 43.5. The van der Waals surface area contributed by atoms with Gasteiger partial charge in [0.05, 0.1) is 62.0 Å². The Morgan fingerprint density at radius 2 is 0.455 bits per heavy atom. The quantitative estimate of drug-likeness (QED) is 0.0186. The van der Waals surface area contributed by atoms with Crippen molar-refractivity contribution in [3.05, 3.63) is 83.9 Å². The molecule has 0 saturated heterocycles. The van der Waals surface area contributed by atoms with E-state index in [1.807, 2.05) is 36.4 Å². The molecule has 0 aromatic heterocycles. The van der Waals surface area contributed by atoms with Crippen LogP contribution in [0.3, 0.4) is 0 Å². The van der Waals surface area contributed by atoms with Crippen molar-refractivity contribution in [2.24, 2.45) is 0 Å². The molecule has 20 heteroatoms. The minimum atomic E-state index is -0.288. The molecule has 748 valence electrons. The van der Waals surface area contributed by atoms with Gasteiger partial charge in [0.15, 0.2) is 0 Å². The number of hydrogen-bond acceptors (Lipinski definition) is 14. The zero-order chi connectivity index (χ0) is 93.9. The molecule has 1 aliphatic rings. The van der Waals surface area contributed by atoms with Gasteiger partial charge in [-0.2, -0.15) is 0 Å². The van der Waals surface area contributed by atoms with E-state index in [9.17, 15) is 28.8 Å². The average Bonchev–Trinajstić information content (AvgIpc) is 0.849. The second kappa shape index (κ2) is 81.7. The van der Waals surface area contributed by atoms with Crippen molar-refractivity contribution >= 4 is 69.6 Å². The maximum absolute atomic E-state index is 14.0. The number of anilines is 6. The largest absolute Gasteiger partial charge is 0.493 e. The van der Waals surface area contributed by atoms with E-state index in [2.05, 4.69) is 56.4 Å². The number of nitrogens with one attached hydrogen (secondary N) is 8. The molecule has 0 spiro atoms. The fourth-order valence-electron chi connectivity index (χ4n) is 17.6. The van der Waals surface area contributed by atoms with Gasteiger partial charge in [0.1, 0.15) is 23.0 Å². The van der Waals surface area contributed by atoms with Crippen LogP contribution in [0.25, 0.3) is 0 Å². The summed E-state index contributed by atoms with van der Waals surface area (Å²) in [4.78, 5) is 82.5. The number of rotatable bonds is 40. The lowest BCUT2D eigenvalue weighted by Gasteiger charge is -2.16. The first-order valence-electron chi connectivity index (χ1n) is 54.5. The van der Waals surface area contributed by atoms with Crippen LogP contribution in [-0.4, -0.2) is 111 Å². The maximum atomic E-state index is 14.0. The first kappa shape index (κ1) is 115. The topological polar surface area (TPSA) is 276 Å². The zero-order valence-corrected chi connectivity index (χ0v) is 83.5. The van der Waals surface area contributed by atoms with Crippen LogP contribution in [0.4, 0.5) is 34.1 Å². The Kier molecular flexibility index (Phi) is 71.2. The lowest BCUT2D eigenvalue weighted by molar-refractivity contribution is -0.117. The van der Waals surface area contributed by atoms with Crippen LogP contribution in [0.15, 0.2) is 72.8 Å². The summed E-state index contributed by atoms with van der Waals surface area (Å²) < 4.78 is 25.3. The van der Waals surface area contributed by atoms with E-state index < -0.39 is 0 Å². The Labute approximate surface area is 801 Å². The number of ether oxygens (including phenoxy) is 4. The van der Waals surface area contributed by atoms with Crippen LogP contribution in [0.2, 0.25) is 0 Å². The van der Waals surface area contributed by atoms with Crippen molar-refractivity contribution in [3.63, 3.8) is 0 Å². The lowest BCUT2D eigenvalue weighted by Crippen LogP contribution is -2.26. The molecule has 0 radical (unpaired) electrons. The molecule has 0 fully saturated rings. The highest BCUT2D eigenvalue weighted by molar-refractivity contribution is 6.02. The molecule has 1 heterocycles. The Bertz CT molecular complexity index is 3330. The van der Waals surface area contributed by atoms with Crippen LogP contribution in [0.5, 0.6) is 23.0 Å². The second-order valence-corrected chi connectivity index (χ2v) is 37.9. The molecule has 132 heavy (non-hydrogen) atoms. The molecule has 4 aromatic carbocycles. The van der Waals surface area contributed by atoms with Crippen LogP contribution in [0, 0.1) is 0 Å². The van der Waals surface area contributed by atoms with E-state index in [4.69, 9.17) is 29.2 Å².